The Bertz CT molecular complexity index is 1500. The van der Waals surface area contributed by atoms with Crippen LogP contribution >= 0.6 is 63.9 Å². The first-order valence-electron chi connectivity index (χ1n) is 16.3. The van der Waals surface area contributed by atoms with E-state index in [1.165, 1.54) is 19.3 Å². The second-order valence-electron chi connectivity index (χ2n) is 11.9. The van der Waals surface area contributed by atoms with Crippen molar-refractivity contribution in [2.24, 2.45) is 0 Å². The Balaban J connectivity index is 0.00000417. The molecule has 0 aliphatic heterocycles. The summed E-state index contributed by atoms with van der Waals surface area (Å²) in [6, 6.07) is 16.3. The molecule has 0 aromatic heterocycles. The second kappa shape index (κ2) is 21.2. The SMILES string of the molecule is CCN(CCOC(=O)Cc1ccccc1Nc1c(Cl)cccc1Cl)CCOC(=O)c1cc(Br)c(N)c(CNC2(CC)CCCCC2)c1.Cl.Cl. The molecule has 4 N–H and O–H groups in total. The number of esters is 2. The van der Waals surface area contributed by atoms with Crippen molar-refractivity contribution in [3.63, 3.8) is 0 Å². The summed E-state index contributed by atoms with van der Waals surface area (Å²) in [5.74, 6) is -0.748. The molecule has 0 atom stereocenters. The van der Waals surface area contributed by atoms with Crippen LogP contribution in [0.2, 0.25) is 10.0 Å². The predicted molar refractivity (Wildman–Crippen MR) is 209 cm³/mol. The Kier molecular flexibility index (Phi) is 18.6. The van der Waals surface area contributed by atoms with Crippen molar-refractivity contribution in [3.05, 3.63) is 85.8 Å². The minimum absolute atomic E-state index is 0. The fourth-order valence-corrected chi connectivity index (χ4v) is 6.92. The summed E-state index contributed by atoms with van der Waals surface area (Å²) in [5, 5.41) is 7.96. The average Bonchev–Trinajstić information content (AvgIpc) is 3.07. The van der Waals surface area contributed by atoms with E-state index in [1.807, 2.05) is 37.3 Å². The van der Waals surface area contributed by atoms with Crippen molar-refractivity contribution in [3.8, 4) is 0 Å². The van der Waals surface area contributed by atoms with Gasteiger partial charge >= 0.3 is 11.9 Å². The van der Waals surface area contributed by atoms with Gasteiger partial charge in [-0.05, 0) is 83.2 Å². The van der Waals surface area contributed by atoms with Crippen LogP contribution in [0.1, 0.15) is 73.9 Å². The molecule has 3 aromatic rings. The topological polar surface area (TPSA) is 106 Å². The smallest absolute Gasteiger partial charge is 0.338 e. The molecule has 0 spiro atoms. The predicted octanol–water partition coefficient (Wildman–Crippen LogP) is 9.39. The van der Waals surface area contributed by atoms with E-state index < -0.39 is 5.97 Å². The lowest BCUT2D eigenvalue weighted by molar-refractivity contribution is -0.143. The third-order valence-electron chi connectivity index (χ3n) is 8.93. The number of nitrogen functional groups attached to an aromatic ring is 1. The van der Waals surface area contributed by atoms with Crippen molar-refractivity contribution < 1.29 is 19.1 Å². The van der Waals surface area contributed by atoms with Gasteiger partial charge in [-0.25, -0.2) is 4.79 Å². The molecular weight excluding hydrogens is 774 g/mol. The normalized spacial score (nSPS) is 13.6. The number of anilines is 3. The van der Waals surface area contributed by atoms with Gasteiger partial charge in [0.1, 0.15) is 13.2 Å². The van der Waals surface area contributed by atoms with Crippen molar-refractivity contribution in [2.45, 2.75) is 70.9 Å². The first-order chi connectivity index (χ1) is 22.6. The van der Waals surface area contributed by atoms with Gasteiger partial charge in [-0.3, -0.25) is 9.69 Å². The maximum Gasteiger partial charge on any atom is 0.338 e. The fraction of sp³-hybridized carbons (Fsp3) is 0.444. The van der Waals surface area contributed by atoms with Crippen molar-refractivity contribution in [2.75, 3.05) is 43.9 Å². The van der Waals surface area contributed by atoms with Crippen LogP contribution in [-0.2, 0) is 27.2 Å². The number of rotatable bonds is 16. The number of nitrogens with one attached hydrogen (secondary N) is 2. The van der Waals surface area contributed by atoms with Gasteiger partial charge in [-0.1, -0.05) is 80.6 Å². The number of carbonyl (C=O) groups excluding carboxylic acids is 2. The standard InChI is InChI=1S/C36H45BrCl2N4O4.2ClH/c1-3-36(15-8-5-9-16-36)41-24-27-21-26(22-28(37)33(27)40)35(45)47-20-18-43(4-2)17-19-46-32(44)23-25-11-6-7-14-31(25)42-34-29(38)12-10-13-30(34)39;;/h6-7,10-14,21-22,41-42H,3-5,8-9,15-20,23-24,40H2,1-2H3;2*1H. The number of halogens is 5. The molecule has 8 nitrogen and oxygen atoms in total. The highest BCUT2D eigenvalue weighted by atomic mass is 79.9. The Morgan fingerprint density at radius 3 is 2.22 bits per heavy atom. The van der Waals surface area contributed by atoms with Crippen molar-refractivity contribution in [1.29, 1.82) is 0 Å². The van der Waals surface area contributed by atoms with E-state index >= 15 is 0 Å². The lowest BCUT2D eigenvalue weighted by atomic mass is 9.79. The van der Waals surface area contributed by atoms with Crippen LogP contribution in [0.3, 0.4) is 0 Å². The largest absolute Gasteiger partial charge is 0.464 e. The minimum Gasteiger partial charge on any atom is -0.464 e. The Hall–Kier alpha value is -2.24. The molecule has 3 aromatic carbocycles. The summed E-state index contributed by atoms with van der Waals surface area (Å²) in [5.41, 5.74) is 10.5. The maximum absolute atomic E-state index is 13.0. The van der Waals surface area contributed by atoms with E-state index in [4.69, 9.17) is 38.4 Å². The molecule has 0 amide bonds. The Labute approximate surface area is 321 Å². The van der Waals surface area contributed by atoms with E-state index in [0.29, 0.717) is 57.6 Å². The summed E-state index contributed by atoms with van der Waals surface area (Å²) >= 11 is 16.2. The van der Waals surface area contributed by atoms with Gasteiger partial charge in [0.25, 0.3) is 0 Å². The lowest BCUT2D eigenvalue weighted by Gasteiger charge is -2.38. The molecule has 270 valence electrons. The number of carbonyl (C=O) groups is 2. The van der Waals surface area contributed by atoms with Crippen molar-refractivity contribution >= 4 is 92.9 Å². The van der Waals surface area contributed by atoms with Gasteiger partial charge in [0.05, 0.1) is 33.4 Å². The molecule has 1 saturated carbocycles. The summed E-state index contributed by atoms with van der Waals surface area (Å²) < 4.78 is 11.9. The molecular formula is C36H47BrCl4N4O4. The molecule has 0 bridgehead atoms. The number of benzene rings is 3. The minimum atomic E-state index is -0.400. The quantitative estimate of drug-likeness (QED) is 0.0971. The van der Waals surface area contributed by atoms with Crippen LogP contribution in [0.15, 0.2) is 59.1 Å². The number of likely N-dealkylation sites (N-methyl/N-ethyl adjacent to an activating group) is 1. The Morgan fingerprint density at radius 2 is 1.57 bits per heavy atom. The first-order valence-corrected chi connectivity index (χ1v) is 17.9. The Morgan fingerprint density at radius 1 is 0.918 bits per heavy atom. The molecule has 0 heterocycles. The van der Waals surface area contributed by atoms with Crippen LogP contribution < -0.4 is 16.4 Å². The summed E-state index contributed by atoms with van der Waals surface area (Å²) in [6.07, 6.45) is 7.22. The maximum atomic E-state index is 13.0. The lowest BCUT2D eigenvalue weighted by Crippen LogP contribution is -2.45. The van der Waals surface area contributed by atoms with E-state index in [2.05, 4.69) is 38.4 Å². The van der Waals surface area contributed by atoms with Gasteiger partial charge in [-0.2, -0.15) is 0 Å². The number of nitrogens with two attached hydrogens (primary N) is 1. The molecule has 0 unspecified atom stereocenters. The van der Waals surface area contributed by atoms with Crippen LogP contribution in [0.5, 0.6) is 0 Å². The molecule has 1 fully saturated rings. The number of ether oxygens (including phenoxy) is 2. The van der Waals surface area contributed by atoms with Gasteiger partial charge in [-0.15, -0.1) is 24.8 Å². The summed E-state index contributed by atoms with van der Waals surface area (Å²) in [7, 11) is 0. The van der Waals surface area contributed by atoms with Crippen molar-refractivity contribution in [1.82, 2.24) is 10.2 Å². The van der Waals surface area contributed by atoms with Gasteiger partial charge in [0, 0.05) is 35.3 Å². The highest BCUT2D eigenvalue weighted by Gasteiger charge is 2.29. The number of hydrogen-bond donors (Lipinski definition) is 3. The number of para-hydroxylation sites is 2. The highest BCUT2D eigenvalue weighted by molar-refractivity contribution is 9.10. The molecule has 49 heavy (non-hydrogen) atoms. The van der Waals surface area contributed by atoms with E-state index in [0.717, 1.165) is 36.1 Å². The van der Waals surface area contributed by atoms with E-state index in [9.17, 15) is 9.59 Å². The second-order valence-corrected chi connectivity index (χ2v) is 13.6. The zero-order chi connectivity index (χ0) is 33.8. The van der Waals surface area contributed by atoms with Crippen LogP contribution in [-0.4, -0.2) is 55.2 Å². The number of hydrogen-bond acceptors (Lipinski definition) is 8. The zero-order valence-electron chi connectivity index (χ0n) is 28.0. The van der Waals surface area contributed by atoms with E-state index in [-0.39, 0.29) is 56.0 Å². The van der Waals surface area contributed by atoms with Crippen LogP contribution in [0.4, 0.5) is 17.1 Å². The summed E-state index contributed by atoms with van der Waals surface area (Å²) in [4.78, 5) is 27.8. The van der Waals surface area contributed by atoms with Crippen LogP contribution in [0.25, 0.3) is 0 Å². The average molecular weight is 822 g/mol. The number of nitrogens with zero attached hydrogens (tertiary/aromatic N) is 1. The highest BCUT2D eigenvalue weighted by Crippen LogP contribution is 2.34. The molecule has 1 aliphatic rings. The monoisotopic (exact) mass is 818 g/mol. The molecule has 1 aliphatic carbocycles. The van der Waals surface area contributed by atoms with Crippen LogP contribution in [0, 0.1) is 0 Å². The molecule has 0 saturated heterocycles. The first kappa shape index (κ1) is 42.9. The van der Waals surface area contributed by atoms with Gasteiger partial charge in [0.15, 0.2) is 0 Å². The molecule has 0 radical (unpaired) electrons. The molecule has 13 heteroatoms. The summed E-state index contributed by atoms with van der Waals surface area (Å²) in [6.45, 7) is 6.99. The fourth-order valence-electron chi connectivity index (χ4n) is 5.93. The van der Waals surface area contributed by atoms with Gasteiger partial charge in [0.2, 0.25) is 0 Å². The van der Waals surface area contributed by atoms with Gasteiger partial charge < -0.3 is 25.8 Å². The van der Waals surface area contributed by atoms with E-state index in [1.54, 1.807) is 24.3 Å². The third kappa shape index (κ3) is 12.5. The third-order valence-corrected chi connectivity index (χ3v) is 10.2. The molecule has 4 rings (SSSR count). The zero-order valence-corrected chi connectivity index (χ0v) is 32.7.